The van der Waals surface area contributed by atoms with Crippen molar-refractivity contribution in [3.63, 3.8) is 0 Å². The van der Waals surface area contributed by atoms with E-state index in [0.29, 0.717) is 23.8 Å². The van der Waals surface area contributed by atoms with Crippen LogP contribution in [0, 0.1) is 5.92 Å². The average Bonchev–Trinajstić information content (AvgIpc) is 2.81. The molecule has 26 heavy (non-hydrogen) atoms. The highest BCUT2D eigenvalue weighted by molar-refractivity contribution is 6.09. The van der Waals surface area contributed by atoms with Gasteiger partial charge in [0, 0.05) is 5.56 Å². The van der Waals surface area contributed by atoms with Crippen LogP contribution in [0.1, 0.15) is 48.5 Å². The minimum absolute atomic E-state index is 0.0863. The van der Waals surface area contributed by atoms with Gasteiger partial charge in [0.15, 0.2) is 0 Å². The molecule has 4 amide bonds. The first-order valence-corrected chi connectivity index (χ1v) is 8.27. The van der Waals surface area contributed by atoms with E-state index in [0.717, 1.165) is 37.1 Å². The third-order valence-corrected chi connectivity index (χ3v) is 4.98. The summed E-state index contributed by atoms with van der Waals surface area (Å²) in [6.45, 7) is 2.07. The Bertz CT molecular complexity index is 738. The Kier molecular flexibility index (Phi) is 4.41. The van der Waals surface area contributed by atoms with Crippen LogP contribution in [0.2, 0.25) is 0 Å². The summed E-state index contributed by atoms with van der Waals surface area (Å²) in [5.74, 6) is -0.903. The van der Waals surface area contributed by atoms with Gasteiger partial charge < -0.3 is 5.32 Å². The third-order valence-electron chi connectivity index (χ3n) is 4.98. The topological polar surface area (TPSA) is 78.5 Å². The van der Waals surface area contributed by atoms with Gasteiger partial charge in [-0.1, -0.05) is 6.92 Å². The highest BCUT2D eigenvalue weighted by Crippen LogP contribution is 2.36. The van der Waals surface area contributed by atoms with Gasteiger partial charge in [0.2, 0.25) is 0 Å². The van der Waals surface area contributed by atoms with E-state index in [-0.39, 0.29) is 5.56 Å². The molecule has 1 aromatic rings. The molecule has 2 fully saturated rings. The van der Waals surface area contributed by atoms with E-state index < -0.39 is 35.1 Å². The molecule has 0 atom stereocenters. The molecule has 0 radical (unpaired) electrons. The van der Waals surface area contributed by atoms with E-state index >= 15 is 0 Å². The fourth-order valence-corrected chi connectivity index (χ4v) is 3.29. The van der Waals surface area contributed by atoms with Crippen LogP contribution in [0.15, 0.2) is 24.3 Å². The second kappa shape index (κ2) is 6.30. The SMILES string of the molecule is CC1CCC2(CC1)NC(=O)N(NC(=O)c1ccc(C(F)(F)F)cc1)C2=O. The normalized spacial score (nSPS) is 26.2. The fraction of sp³-hybridized carbons (Fsp3) is 0.471. The summed E-state index contributed by atoms with van der Waals surface area (Å²) in [6, 6.07) is 2.80. The molecule has 140 valence electrons. The van der Waals surface area contributed by atoms with Crippen molar-refractivity contribution in [2.75, 3.05) is 0 Å². The van der Waals surface area contributed by atoms with Crippen LogP contribution < -0.4 is 10.7 Å². The molecule has 6 nitrogen and oxygen atoms in total. The number of hydrogen-bond acceptors (Lipinski definition) is 3. The van der Waals surface area contributed by atoms with Crippen LogP contribution in [0.25, 0.3) is 0 Å². The zero-order valence-corrected chi connectivity index (χ0v) is 14.0. The first-order chi connectivity index (χ1) is 12.1. The van der Waals surface area contributed by atoms with E-state index in [1.807, 2.05) is 0 Å². The number of hydrogen-bond donors (Lipinski definition) is 2. The fourth-order valence-electron chi connectivity index (χ4n) is 3.29. The molecule has 2 aliphatic rings. The van der Waals surface area contributed by atoms with E-state index in [1.54, 1.807) is 0 Å². The first kappa shape index (κ1) is 18.2. The summed E-state index contributed by atoms with van der Waals surface area (Å²) in [4.78, 5) is 37.0. The summed E-state index contributed by atoms with van der Waals surface area (Å²) in [7, 11) is 0. The molecule has 0 unspecified atom stereocenters. The summed E-state index contributed by atoms with van der Waals surface area (Å²) in [5.41, 5.74) is 0.208. The van der Waals surface area contributed by atoms with Gasteiger partial charge in [-0.15, -0.1) is 0 Å². The number of nitrogens with zero attached hydrogens (tertiary/aromatic N) is 1. The molecule has 1 spiro atoms. The highest BCUT2D eigenvalue weighted by Gasteiger charge is 2.52. The number of nitrogens with one attached hydrogen (secondary N) is 2. The Morgan fingerprint density at radius 3 is 2.31 bits per heavy atom. The molecule has 0 aromatic heterocycles. The molecule has 2 N–H and O–H groups in total. The minimum Gasteiger partial charge on any atom is -0.322 e. The zero-order valence-electron chi connectivity index (χ0n) is 14.0. The maximum absolute atomic E-state index is 12.6. The van der Waals surface area contributed by atoms with Crippen LogP contribution in [0.3, 0.4) is 0 Å². The molecule has 1 saturated carbocycles. The molecule has 1 saturated heterocycles. The largest absolute Gasteiger partial charge is 0.416 e. The van der Waals surface area contributed by atoms with Gasteiger partial charge in [-0.3, -0.25) is 15.0 Å². The third kappa shape index (κ3) is 3.25. The number of imide groups is 1. The number of rotatable bonds is 2. The van der Waals surface area contributed by atoms with Gasteiger partial charge in [0.05, 0.1) is 5.56 Å². The van der Waals surface area contributed by atoms with Crippen molar-refractivity contribution in [2.45, 2.75) is 44.3 Å². The van der Waals surface area contributed by atoms with Gasteiger partial charge in [0.25, 0.3) is 11.8 Å². The van der Waals surface area contributed by atoms with Gasteiger partial charge in [0.1, 0.15) is 5.54 Å². The average molecular weight is 369 g/mol. The van der Waals surface area contributed by atoms with Crippen molar-refractivity contribution >= 4 is 17.8 Å². The molecule has 1 aromatic carbocycles. The Balaban J connectivity index is 1.71. The maximum Gasteiger partial charge on any atom is 0.416 e. The van der Waals surface area contributed by atoms with Crippen molar-refractivity contribution in [3.8, 4) is 0 Å². The van der Waals surface area contributed by atoms with Crippen molar-refractivity contribution < 1.29 is 27.6 Å². The van der Waals surface area contributed by atoms with Crippen LogP contribution in [-0.4, -0.2) is 28.4 Å². The molecule has 3 rings (SSSR count). The van der Waals surface area contributed by atoms with Crippen molar-refractivity contribution in [1.29, 1.82) is 0 Å². The molecule has 0 bridgehead atoms. The Morgan fingerprint density at radius 1 is 1.19 bits per heavy atom. The number of urea groups is 1. The van der Waals surface area contributed by atoms with Gasteiger partial charge >= 0.3 is 12.2 Å². The molecule has 9 heteroatoms. The molecule has 1 heterocycles. The number of halogens is 3. The van der Waals surface area contributed by atoms with Crippen LogP contribution in [0.5, 0.6) is 0 Å². The van der Waals surface area contributed by atoms with E-state index in [9.17, 15) is 27.6 Å². The van der Waals surface area contributed by atoms with Crippen molar-refractivity contribution in [1.82, 2.24) is 15.8 Å². The number of carbonyl (C=O) groups is 3. The van der Waals surface area contributed by atoms with E-state index in [2.05, 4.69) is 17.7 Å². The standard InChI is InChI=1S/C17H18F3N3O3/c1-10-6-8-16(9-7-10)14(25)23(15(26)21-16)22-13(24)11-2-4-12(5-3-11)17(18,19)20/h2-5,10H,6-9H2,1H3,(H,21,26)(H,22,24). The lowest BCUT2D eigenvalue weighted by molar-refractivity contribution is -0.137. The number of hydrazine groups is 1. The first-order valence-electron chi connectivity index (χ1n) is 8.27. The zero-order chi connectivity index (χ0) is 19.1. The number of benzene rings is 1. The summed E-state index contributed by atoms with van der Waals surface area (Å²) < 4.78 is 37.7. The maximum atomic E-state index is 12.6. The quantitative estimate of drug-likeness (QED) is 0.787. The van der Waals surface area contributed by atoms with Crippen molar-refractivity contribution in [2.24, 2.45) is 5.92 Å². The smallest absolute Gasteiger partial charge is 0.322 e. The van der Waals surface area contributed by atoms with Crippen LogP contribution in [-0.2, 0) is 11.0 Å². The van der Waals surface area contributed by atoms with E-state index in [4.69, 9.17) is 0 Å². The van der Waals surface area contributed by atoms with Crippen molar-refractivity contribution in [3.05, 3.63) is 35.4 Å². The lowest BCUT2D eigenvalue weighted by atomic mass is 9.77. The lowest BCUT2D eigenvalue weighted by Crippen LogP contribution is -2.51. The molecule has 1 aliphatic heterocycles. The highest BCUT2D eigenvalue weighted by atomic mass is 19.4. The van der Waals surface area contributed by atoms with E-state index in [1.165, 1.54) is 0 Å². The lowest BCUT2D eigenvalue weighted by Gasteiger charge is -2.33. The van der Waals surface area contributed by atoms with Crippen LogP contribution in [0.4, 0.5) is 18.0 Å². The summed E-state index contributed by atoms with van der Waals surface area (Å²) >= 11 is 0. The number of carbonyl (C=O) groups excluding carboxylic acids is 3. The van der Waals surface area contributed by atoms with Gasteiger partial charge in [-0.2, -0.15) is 18.2 Å². The Labute approximate surface area is 147 Å². The van der Waals surface area contributed by atoms with Crippen LogP contribution >= 0.6 is 0 Å². The second-order valence-corrected chi connectivity index (χ2v) is 6.85. The van der Waals surface area contributed by atoms with Gasteiger partial charge in [-0.25, -0.2) is 4.79 Å². The Hall–Kier alpha value is -2.58. The summed E-state index contributed by atoms with van der Waals surface area (Å²) in [5, 5.41) is 3.27. The monoisotopic (exact) mass is 369 g/mol. The predicted molar refractivity (Wildman–Crippen MR) is 84.7 cm³/mol. The molecular formula is C17H18F3N3O3. The second-order valence-electron chi connectivity index (χ2n) is 6.85. The number of amides is 4. The molecular weight excluding hydrogens is 351 g/mol. The predicted octanol–water partition coefficient (Wildman–Crippen LogP) is 2.85. The number of alkyl halides is 3. The summed E-state index contributed by atoms with van der Waals surface area (Å²) in [6.07, 6.45) is -1.96. The molecule has 1 aliphatic carbocycles. The van der Waals surface area contributed by atoms with Gasteiger partial charge in [-0.05, 0) is 55.9 Å². The Morgan fingerprint density at radius 2 is 1.77 bits per heavy atom. The minimum atomic E-state index is -4.51.